The fourth-order valence-corrected chi connectivity index (χ4v) is 2.65. The fourth-order valence-electron chi connectivity index (χ4n) is 2.38. The fraction of sp³-hybridized carbons (Fsp3) is 0.0500. The van der Waals surface area contributed by atoms with Gasteiger partial charge in [-0.05, 0) is 35.9 Å². The summed E-state index contributed by atoms with van der Waals surface area (Å²) in [5.74, 6) is 0.121. The van der Waals surface area contributed by atoms with Crippen molar-refractivity contribution in [1.29, 1.82) is 0 Å². The van der Waals surface area contributed by atoms with Crippen LogP contribution >= 0.6 is 15.9 Å². The molecular formula is C20H16BrNO. The van der Waals surface area contributed by atoms with Gasteiger partial charge in [0, 0.05) is 27.8 Å². The Labute approximate surface area is 144 Å². The quantitative estimate of drug-likeness (QED) is 0.594. The molecule has 0 saturated heterocycles. The Morgan fingerprint density at radius 1 is 0.826 bits per heavy atom. The summed E-state index contributed by atoms with van der Waals surface area (Å²) in [5.41, 5.74) is 3.68. The van der Waals surface area contributed by atoms with E-state index in [-0.39, 0.29) is 5.78 Å². The Morgan fingerprint density at radius 3 is 2.22 bits per heavy atom. The molecule has 3 aromatic rings. The van der Waals surface area contributed by atoms with Gasteiger partial charge in [0.1, 0.15) is 0 Å². The molecular weight excluding hydrogens is 350 g/mol. The molecule has 0 amide bonds. The molecule has 0 bridgehead atoms. The number of rotatable bonds is 5. The van der Waals surface area contributed by atoms with Gasteiger partial charge < -0.3 is 5.32 Å². The highest BCUT2D eigenvalue weighted by Gasteiger charge is 2.10. The van der Waals surface area contributed by atoms with Crippen LogP contribution < -0.4 is 5.32 Å². The first-order valence-electron chi connectivity index (χ1n) is 7.41. The van der Waals surface area contributed by atoms with Gasteiger partial charge in [-0.3, -0.25) is 4.79 Å². The van der Waals surface area contributed by atoms with Gasteiger partial charge in [-0.15, -0.1) is 0 Å². The minimum absolute atomic E-state index is 0.121. The van der Waals surface area contributed by atoms with Crippen LogP contribution in [0.25, 0.3) is 0 Å². The van der Waals surface area contributed by atoms with E-state index < -0.39 is 0 Å². The zero-order valence-electron chi connectivity index (χ0n) is 12.5. The van der Waals surface area contributed by atoms with Crippen LogP contribution in [-0.2, 0) is 6.42 Å². The van der Waals surface area contributed by atoms with Gasteiger partial charge in [-0.1, -0.05) is 64.5 Å². The zero-order valence-corrected chi connectivity index (χ0v) is 14.1. The van der Waals surface area contributed by atoms with Gasteiger partial charge in [-0.2, -0.15) is 0 Å². The van der Waals surface area contributed by atoms with E-state index in [0.29, 0.717) is 6.42 Å². The van der Waals surface area contributed by atoms with Gasteiger partial charge in [0.2, 0.25) is 0 Å². The molecule has 0 aliphatic rings. The number of carbonyl (C=O) groups excluding carboxylic acids is 1. The SMILES string of the molecule is O=C(Cc1ccccc1Nc1ccc(Br)cc1)c1ccccc1. The number of hydrogen-bond donors (Lipinski definition) is 1. The normalized spacial score (nSPS) is 10.3. The first kappa shape index (κ1) is 15.5. The molecule has 0 unspecified atom stereocenters. The van der Waals surface area contributed by atoms with Crippen LogP contribution in [0.4, 0.5) is 11.4 Å². The maximum Gasteiger partial charge on any atom is 0.167 e. The van der Waals surface area contributed by atoms with Gasteiger partial charge in [0.25, 0.3) is 0 Å². The van der Waals surface area contributed by atoms with Crippen LogP contribution in [-0.4, -0.2) is 5.78 Å². The Hall–Kier alpha value is -2.39. The molecule has 0 aromatic heterocycles. The molecule has 3 aromatic carbocycles. The summed E-state index contributed by atoms with van der Waals surface area (Å²) in [6.07, 6.45) is 0.379. The lowest BCUT2D eigenvalue weighted by Gasteiger charge is -2.12. The van der Waals surface area contributed by atoms with E-state index >= 15 is 0 Å². The molecule has 0 spiro atoms. The molecule has 0 atom stereocenters. The van der Waals surface area contributed by atoms with Crippen LogP contribution in [0.5, 0.6) is 0 Å². The molecule has 0 radical (unpaired) electrons. The highest BCUT2D eigenvalue weighted by atomic mass is 79.9. The van der Waals surface area contributed by atoms with E-state index in [4.69, 9.17) is 0 Å². The second-order valence-corrected chi connectivity index (χ2v) is 6.17. The molecule has 0 saturated carbocycles. The Kier molecular flexibility index (Phi) is 4.89. The monoisotopic (exact) mass is 365 g/mol. The number of halogens is 1. The lowest BCUT2D eigenvalue weighted by atomic mass is 10.0. The summed E-state index contributed by atoms with van der Waals surface area (Å²) < 4.78 is 1.04. The molecule has 2 nitrogen and oxygen atoms in total. The molecule has 0 fully saturated rings. The van der Waals surface area contributed by atoms with Crippen molar-refractivity contribution in [3.63, 3.8) is 0 Å². The zero-order chi connectivity index (χ0) is 16.1. The van der Waals surface area contributed by atoms with Crippen molar-refractivity contribution in [2.24, 2.45) is 0 Å². The maximum atomic E-state index is 12.4. The van der Waals surface area contributed by atoms with E-state index in [1.807, 2.05) is 78.9 Å². The van der Waals surface area contributed by atoms with E-state index in [0.717, 1.165) is 27.0 Å². The van der Waals surface area contributed by atoms with Crippen molar-refractivity contribution in [2.75, 3.05) is 5.32 Å². The minimum atomic E-state index is 0.121. The van der Waals surface area contributed by atoms with Gasteiger partial charge in [0.05, 0.1) is 0 Å². The lowest BCUT2D eigenvalue weighted by molar-refractivity contribution is 0.0993. The third-order valence-corrected chi connectivity index (χ3v) is 4.12. The molecule has 0 aliphatic carbocycles. The predicted molar refractivity (Wildman–Crippen MR) is 98.3 cm³/mol. The topological polar surface area (TPSA) is 29.1 Å². The van der Waals surface area contributed by atoms with Crippen molar-refractivity contribution in [2.45, 2.75) is 6.42 Å². The van der Waals surface area contributed by atoms with Crippen LogP contribution in [0.3, 0.4) is 0 Å². The number of anilines is 2. The lowest BCUT2D eigenvalue weighted by Crippen LogP contribution is -2.05. The van der Waals surface area contributed by atoms with E-state index in [1.165, 1.54) is 0 Å². The number of para-hydroxylation sites is 1. The second kappa shape index (κ2) is 7.25. The smallest absolute Gasteiger partial charge is 0.167 e. The van der Waals surface area contributed by atoms with Crippen molar-refractivity contribution in [3.8, 4) is 0 Å². The number of hydrogen-bond acceptors (Lipinski definition) is 2. The van der Waals surface area contributed by atoms with Crippen LogP contribution in [0, 0.1) is 0 Å². The summed E-state index contributed by atoms with van der Waals surface area (Å²) in [7, 11) is 0. The summed E-state index contributed by atoms with van der Waals surface area (Å²) in [6.45, 7) is 0. The number of carbonyl (C=O) groups is 1. The van der Waals surface area contributed by atoms with Crippen molar-refractivity contribution in [1.82, 2.24) is 0 Å². The predicted octanol–water partition coefficient (Wildman–Crippen LogP) is 5.62. The largest absolute Gasteiger partial charge is 0.355 e. The Morgan fingerprint density at radius 2 is 1.48 bits per heavy atom. The number of benzene rings is 3. The average Bonchev–Trinajstić information content (AvgIpc) is 2.59. The molecule has 1 N–H and O–H groups in total. The summed E-state index contributed by atoms with van der Waals surface area (Å²) >= 11 is 3.43. The molecule has 3 rings (SSSR count). The Bertz CT molecular complexity index is 797. The summed E-state index contributed by atoms with van der Waals surface area (Å²) in [6, 6.07) is 25.3. The molecule has 0 aliphatic heterocycles. The third kappa shape index (κ3) is 4.08. The van der Waals surface area contributed by atoms with E-state index in [1.54, 1.807) is 0 Å². The average molecular weight is 366 g/mol. The van der Waals surface area contributed by atoms with E-state index in [9.17, 15) is 4.79 Å². The van der Waals surface area contributed by atoms with Crippen LogP contribution in [0.2, 0.25) is 0 Å². The van der Waals surface area contributed by atoms with Crippen LogP contribution in [0.15, 0.2) is 83.3 Å². The number of nitrogens with one attached hydrogen (secondary N) is 1. The number of Topliss-reactive ketones (excluding diaryl/α,β-unsaturated/α-hetero) is 1. The first-order valence-corrected chi connectivity index (χ1v) is 8.20. The first-order chi connectivity index (χ1) is 11.2. The summed E-state index contributed by atoms with van der Waals surface area (Å²) in [5, 5.41) is 3.38. The molecule has 3 heteroatoms. The van der Waals surface area contributed by atoms with Gasteiger partial charge >= 0.3 is 0 Å². The molecule has 23 heavy (non-hydrogen) atoms. The number of ketones is 1. The van der Waals surface area contributed by atoms with Crippen molar-refractivity contribution < 1.29 is 4.79 Å². The second-order valence-electron chi connectivity index (χ2n) is 5.26. The van der Waals surface area contributed by atoms with Gasteiger partial charge in [-0.25, -0.2) is 0 Å². The minimum Gasteiger partial charge on any atom is -0.355 e. The van der Waals surface area contributed by atoms with E-state index in [2.05, 4.69) is 21.2 Å². The highest BCUT2D eigenvalue weighted by Crippen LogP contribution is 2.23. The van der Waals surface area contributed by atoms with Crippen molar-refractivity contribution >= 4 is 33.1 Å². The van der Waals surface area contributed by atoms with Crippen LogP contribution in [0.1, 0.15) is 15.9 Å². The van der Waals surface area contributed by atoms with Crippen molar-refractivity contribution in [3.05, 3.63) is 94.5 Å². The summed E-state index contributed by atoms with van der Waals surface area (Å²) in [4.78, 5) is 12.4. The third-order valence-electron chi connectivity index (χ3n) is 3.59. The standard InChI is InChI=1S/C20H16BrNO/c21-17-10-12-18(13-11-17)22-19-9-5-4-8-16(19)14-20(23)15-6-2-1-3-7-15/h1-13,22H,14H2. The maximum absolute atomic E-state index is 12.4. The Balaban J connectivity index is 1.80. The molecule has 0 heterocycles. The van der Waals surface area contributed by atoms with Gasteiger partial charge in [0.15, 0.2) is 5.78 Å². The molecule has 114 valence electrons. The highest BCUT2D eigenvalue weighted by molar-refractivity contribution is 9.10.